The molecule has 0 aliphatic rings. The van der Waals surface area contributed by atoms with Gasteiger partial charge in [0, 0.05) is 19.2 Å². The summed E-state index contributed by atoms with van der Waals surface area (Å²) in [6.07, 6.45) is -0.668. The van der Waals surface area contributed by atoms with Crippen LogP contribution in [0.15, 0.2) is 24.3 Å². The van der Waals surface area contributed by atoms with Gasteiger partial charge in [0.1, 0.15) is 6.61 Å². The molecule has 7 nitrogen and oxygen atoms in total. The smallest absolute Gasteiger partial charge is 0.424 e. The topological polar surface area (TPSA) is 98.7 Å². The molecule has 86 valence electrons. The highest BCUT2D eigenvalue weighted by Gasteiger charge is 2.07. The second kappa shape index (κ2) is 5.08. The molecule has 0 saturated heterocycles. The molecule has 1 rings (SSSR count). The zero-order chi connectivity index (χ0) is 12.1. The molecule has 0 aliphatic heterocycles. The molecule has 0 atom stereocenters. The molecule has 1 amide bonds. The first-order valence-electron chi connectivity index (χ1n) is 4.39. The number of amides is 1. The number of carbonyl (C=O) groups is 1. The van der Waals surface area contributed by atoms with Gasteiger partial charge in [-0.15, -0.1) is 0 Å². The van der Waals surface area contributed by atoms with E-state index in [9.17, 15) is 14.9 Å². The van der Waals surface area contributed by atoms with Crippen molar-refractivity contribution >= 4 is 11.8 Å². The summed E-state index contributed by atoms with van der Waals surface area (Å²) in [7, 11) is 1.36. The van der Waals surface area contributed by atoms with Gasteiger partial charge in [0.25, 0.3) is 5.69 Å². The molecule has 0 heterocycles. The van der Waals surface area contributed by atoms with Crippen molar-refractivity contribution in [2.75, 3.05) is 7.05 Å². The van der Waals surface area contributed by atoms with Crippen LogP contribution in [0.5, 0.6) is 0 Å². The molecule has 16 heavy (non-hydrogen) atoms. The summed E-state index contributed by atoms with van der Waals surface area (Å²) in [5, 5.41) is 11.2. The zero-order valence-corrected chi connectivity index (χ0v) is 8.62. The van der Waals surface area contributed by atoms with Gasteiger partial charge in [-0.2, -0.15) is 0 Å². The third kappa shape index (κ3) is 3.21. The Morgan fingerprint density at radius 2 is 2.06 bits per heavy atom. The third-order valence-electron chi connectivity index (χ3n) is 1.80. The number of rotatable bonds is 3. The van der Waals surface area contributed by atoms with Crippen molar-refractivity contribution in [1.82, 2.24) is 5.01 Å². The first kappa shape index (κ1) is 11.9. The Kier molecular flexibility index (Phi) is 3.78. The Hall–Kier alpha value is -2.15. The van der Waals surface area contributed by atoms with E-state index in [4.69, 9.17) is 10.6 Å². The van der Waals surface area contributed by atoms with E-state index in [0.29, 0.717) is 5.56 Å². The summed E-state index contributed by atoms with van der Waals surface area (Å²) in [5.41, 5.74) is 0.645. The van der Waals surface area contributed by atoms with Crippen molar-refractivity contribution in [3.05, 3.63) is 39.9 Å². The third-order valence-corrected chi connectivity index (χ3v) is 1.80. The monoisotopic (exact) mass is 225 g/mol. The van der Waals surface area contributed by atoms with Gasteiger partial charge in [-0.25, -0.2) is 15.6 Å². The Balaban J connectivity index is 2.56. The Morgan fingerprint density at radius 1 is 1.50 bits per heavy atom. The minimum absolute atomic E-state index is 0.00832. The van der Waals surface area contributed by atoms with Crippen molar-refractivity contribution in [3.63, 3.8) is 0 Å². The fourth-order valence-corrected chi connectivity index (χ4v) is 0.961. The van der Waals surface area contributed by atoms with Gasteiger partial charge in [-0.05, 0) is 17.7 Å². The minimum atomic E-state index is -0.668. The second-order valence-corrected chi connectivity index (χ2v) is 3.09. The highest BCUT2D eigenvalue weighted by Crippen LogP contribution is 2.12. The van der Waals surface area contributed by atoms with Gasteiger partial charge in [0.05, 0.1) is 4.92 Å². The maximum Gasteiger partial charge on any atom is 0.424 e. The van der Waals surface area contributed by atoms with Crippen LogP contribution in [-0.2, 0) is 11.3 Å². The zero-order valence-electron chi connectivity index (χ0n) is 8.62. The molecule has 1 aromatic rings. The number of benzene rings is 1. The molecule has 0 aromatic heterocycles. The van der Waals surface area contributed by atoms with E-state index in [1.165, 1.54) is 31.3 Å². The van der Waals surface area contributed by atoms with Crippen LogP contribution in [0.25, 0.3) is 0 Å². The maximum atomic E-state index is 11.0. The number of hydrazine groups is 1. The molecule has 2 N–H and O–H groups in total. The summed E-state index contributed by atoms with van der Waals surface area (Å²) in [6, 6.07) is 5.72. The average molecular weight is 225 g/mol. The van der Waals surface area contributed by atoms with Gasteiger partial charge in [0.15, 0.2) is 0 Å². The average Bonchev–Trinajstić information content (AvgIpc) is 2.26. The number of carbonyl (C=O) groups excluding carboxylic acids is 1. The van der Waals surface area contributed by atoms with E-state index >= 15 is 0 Å². The lowest BCUT2D eigenvalue weighted by atomic mass is 10.2. The van der Waals surface area contributed by atoms with Crippen LogP contribution in [0.3, 0.4) is 0 Å². The van der Waals surface area contributed by atoms with E-state index in [1.54, 1.807) is 0 Å². The molecular weight excluding hydrogens is 214 g/mol. The van der Waals surface area contributed by atoms with Crippen LogP contribution in [0.4, 0.5) is 10.5 Å². The largest absolute Gasteiger partial charge is 0.444 e. The summed E-state index contributed by atoms with van der Waals surface area (Å²) in [6.45, 7) is 0.0262. The summed E-state index contributed by atoms with van der Waals surface area (Å²) in [4.78, 5) is 20.8. The van der Waals surface area contributed by atoms with Crippen molar-refractivity contribution in [2.45, 2.75) is 6.61 Å². The fourth-order valence-electron chi connectivity index (χ4n) is 0.961. The maximum absolute atomic E-state index is 11.0. The number of nitrogens with zero attached hydrogens (tertiary/aromatic N) is 2. The molecule has 0 saturated carbocycles. The number of ether oxygens (including phenoxy) is 1. The molecule has 7 heteroatoms. The highest BCUT2D eigenvalue weighted by atomic mass is 16.6. The molecule has 0 fully saturated rings. The van der Waals surface area contributed by atoms with E-state index < -0.39 is 11.0 Å². The lowest BCUT2D eigenvalue weighted by Crippen LogP contribution is -2.33. The van der Waals surface area contributed by atoms with Crippen LogP contribution >= 0.6 is 0 Å². The number of nitro benzene ring substituents is 1. The van der Waals surface area contributed by atoms with E-state index in [2.05, 4.69) is 0 Å². The van der Waals surface area contributed by atoms with Crippen LogP contribution in [-0.4, -0.2) is 23.1 Å². The van der Waals surface area contributed by atoms with Gasteiger partial charge in [-0.1, -0.05) is 0 Å². The van der Waals surface area contributed by atoms with E-state index in [-0.39, 0.29) is 12.3 Å². The summed E-state index contributed by atoms with van der Waals surface area (Å²) < 4.78 is 4.78. The van der Waals surface area contributed by atoms with Crippen LogP contribution in [0.2, 0.25) is 0 Å². The predicted octanol–water partition coefficient (Wildman–Crippen LogP) is 1.04. The molecule has 0 unspecified atom stereocenters. The van der Waals surface area contributed by atoms with Crippen LogP contribution < -0.4 is 5.84 Å². The molecular formula is C9H11N3O4. The Labute approximate surface area is 91.5 Å². The number of nitrogens with two attached hydrogens (primary N) is 1. The van der Waals surface area contributed by atoms with E-state index in [1.807, 2.05) is 0 Å². The first-order chi connectivity index (χ1) is 7.50. The number of non-ortho nitro benzene ring substituents is 1. The van der Waals surface area contributed by atoms with Crippen LogP contribution in [0.1, 0.15) is 5.56 Å². The first-order valence-corrected chi connectivity index (χ1v) is 4.39. The lowest BCUT2D eigenvalue weighted by molar-refractivity contribution is -0.384. The molecule has 0 spiro atoms. The van der Waals surface area contributed by atoms with Crippen molar-refractivity contribution < 1.29 is 14.5 Å². The van der Waals surface area contributed by atoms with Crippen molar-refractivity contribution in [2.24, 2.45) is 5.84 Å². The second-order valence-electron chi connectivity index (χ2n) is 3.09. The SMILES string of the molecule is CN(N)C(=O)OCc1ccc([N+](=O)[O-])cc1. The normalized spacial score (nSPS) is 9.62. The summed E-state index contributed by atoms with van der Waals surface area (Å²) >= 11 is 0. The minimum Gasteiger partial charge on any atom is -0.444 e. The van der Waals surface area contributed by atoms with Gasteiger partial charge >= 0.3 is 6.09 Å². The van der Waals surface area contributed by atoms with Gasteiger partial charge < -0.3 is 4.74 Å². The van der Waals surface area contributed by atoms with Crippen LogP contribution in [0, 0.1) is 10.1 Å². The number of hydrogen-bond acceptors (Lipinski definition) is 5. The standard InChI is InChI=1S/C9H11N3O4/c1-11(10)9(13)16-6-7-2-4-8(5-3-7)12(14)15/h2-5H,6,10H2,1H3. The fraction of sp³-hybridized carbons (Fsp3) is 0.222. The van der Waals surface area contributed by atoms with Gasteiger partial charge in [0.2, 0.25) is 0 Å². The summed E-state index contributed by atoms with van der Waals surface area (Å²) in [5.74, 6) is 5.13. The molecule has 1 aromatic carbocycles. The predicted molar refractivity (Wildman–Crippen MR) is 55.2 cm³/mol. The highest BCUT2D eigenvalue weighted by molar-refractivity contribution is 5.66. The quantitative estimate of drug-likeness (QED) is 0.358. The van der Waals surface area contributed by atoms with E-state index in [0.717, 1.165) is 5.01 Å². The molecule has 0 aliphatic carbocycles. The van der Waals surface area contributed by atoms with Gasteiger partial charge in [-0.3, -0.25) is 10.1 Å². The molecule has 0 bridgehead atoms. The Bertz CT molecular complexity index is 388. The molecule has 0 radical (unpaired) electrons. The lowest BCUT2D eigenvalue weighted by Gasteiger charge is -2.10. The number of nitro groups is 1. The Morgan fingerprint density at radius 3 is 2.50 bits per heavy atom. The number of hydrogen-bond donors (Lipinski definition) is 1. The van der Waals surface area contributed by atoms with Crippen molar-refractivity contribution in [3.8, 4) is 0 Å². The van der Waals surface area contributed by atoms with Crippen molar-refractivity contribution in [1.29, 1.82) is 0 Å².